The number of methoxy groups -OCH3 is 1. The summed E-state index contributed by atoms with van der Waals surface area (Å²) in [4.78, 5) is 39.7. The Morgan fingerprint density at radius 3 is 2.30 bits per heavy atom. The molecular formula is C30H25N3O6S. The van der Waals surface area contributed by atoms with Gasteiger partial charge in [-0.1, -0.05) is 53.3 Å². The number of carbonyl (C=O) groups excluding carboxylic acids is 3. The standard InChI is InChI=1S/C30H25N3O6S/c1-17-5-4-6-19(15-17)16-39-23-13-11-21(12-14-23)26(34)24-25(20-7-9-22(10-8-20)29(37)38-3)33(28(36)27(24)35)30-32-31-18(2)40-30/h4-15,25,34H,16H2,1-3H3/b26-24-. The molecule has 2 heterocycles. The molecule has 0 bridgehead atoms. The normalized spacial score (nSPS) is 16.3. The van der Waals surface area contributed by atoms with E-state index in [1.165, 1.54) is 24.1 Å². The van der Waals surface area contributed by atoms with Gasteiger partial charge in [-0.3, -0.25) is 14.5 Å². The van der Waals surface area contributed by atoms with Crippen molar-refractivity contribution in [1.82, 2.24) is 10.2 Å². The molecule has 40 heavy (non-hydrogen) atoms. The predicted octanol–water partition coefficient (Wildman–Crippen LogP) is 5.15. The number of aliphatic hydroxyl groups is 1. The second kappa shape index (κ2) is 11.1. The van der Waals surface area contributed by atoms with Gasteiger partial charge in [-0.25, -0.2) is 4.79 Å². The number of hydrogen-bond donors (Lipinski definition) is 1. The minimum absolute atomic E-state index is 0.0999. The van der Waals surface area contributed by atoms with Crippen molar-refractivity contribution in [1.29, 1.82) is 0 Å². The molecule has 1 aliphatic rings. The minimum Gasteiger partial charge on any atom is -0.507 e. The van der Waals surface area contributed by atoms with Gasteiger partial charge in [0.05, 0.1) is 24.3 Å². The van der Waals surface area contributed by atoms with Crippen LogP contribution in [0, 0.1) is 13.8 Å². The summed E-state index contributed by atoms with van der Waals surface area (Å²) in [6.45, 7) is 4.12. The lowest BCUT2D eigenvalue weighted by molar-refractivity contribution is -0.132. The summed E-state index contributed by atoms with van der Waals surface area (Å²) >= 11 is 1.15. The largest absolute Gasteiger partial charge is 0.507 e. The van der Waals surface area contributed by atoms with Gasteiger partial charge in [0.15, 0.2) is 0 Å². The third-order valence-electron chi connectivity index (χ3n) is 6.43. The number of hydrogen-bond acceptors (Lipinski definition) is 9. The van der Waals surface area contributed by atoms with Crippen LogP contribution >= 0.6 is 11.3 Å². The molecule has 1 atom stereocenters. The molecule has 0 spiro atoms. The number of esters is 1. The van der Waals surface area contributed by atoms with Crippen LogP contribution in [0.2, 0.25) is 0 Å². The average Bonchev–Trinajstić information content (AvgIpc) is 3.51. The summed E-state index contributed by atoms with van der Waals surface area (Å²) in [7, 11) is 1.28. The molecule has 0 radical (unpaired) electrons. The summed E-state index contributed by atoms with van der Waals surface area (Å²) in [6.07, 6.45) is 0. The molecule has 0 saturated carbocycles. The lowest BCUT2D eigenvalue weighted by Crippen LogP contribution is -2.29. The number of rotatable bonds is 7. The maximum atomic E-state index is 13.3. The molecule has 0 aliphatic carbocycles. The Balaban J connectivity index is 1.51. The van der Waals surface area contributed by atoms with Crippen LogP contribution in [0.1, 0.15) is 43.7 Å². The van der Waals surface area contributed by atoms with Gasteiger partial charge in [-0.15, -0.1) is 10.2 Å². The Bertz CT molecular complexity index is 1630. The Morgan fingerprint density at radius 1 is 0.975 bits per heavy atom. The Labute approximate surface area is 234 Å². The van der Waals surface area contributed by atoms with Crippen LogP contribution in [-0.2, 0) is 20.9 Å². The first-order chi connectivity index (χ1) is 19.3. The van der Waals surface area contributed by atoms with Gasteiger partial charge in [0.1, 0.15) is 23.1 Å². The van der Waals surface area contributed by atoms with E-state index in [0.29, 0.717) is 34.1 Å². The zero-order valence-corrected chi connectivity index (χ0v) is 22.8. The van der Waals surface area contributed by atoms with Gasteiger partial charge in [-0.05, 0) is 61.4 Å². The number of aromatic nitrogens is 2. The van der Waals surface area contributed by atoms with E-state index < -0.39 is 23.7 Å². The SMILES string of the molecule is COC(=O)c1ccc(C2/C(=C(/O)c3ccc(OCc4cccc(C)c4)cc3)C(=O)C(=O)N2c2nnc(C)s2)cc1. The Hall–Kier alpha value is -4.83. The first-order valence-corrected chi connectivity index (χ1v) is 13.2. The quantitative estimate of drug-likeness (QED) is 0.144. The highest BCUT2D eigenvalue weighted by atomic mass is 32.1. The molecule has 5 rings (SSSR count). The maximum Gasteiger partial charge on any atom is 0.337 e. The molecule has 9 nitrogen and oxygen atoms in total. The number of carbonyl (C=O) groups is 3. The van der Waals surface area contributed by atoms with Crippen LogP contribution in [0.3, 0.4) is 0 Å². The molecule has 1 amide bonds. The van der Waals surface area contributed by atoms with Gasteiger partial charge in [0.25, 0.3) is 5.78 Å². The highest BCUT2D eigenvalue weighted by molar-refractivity contribution is 7.15. The molecular weight excluding hydrogens is 530 g/mol. The summed E-state index contributed by atoms with van der Waals surface area (Å²) in [5.41, 5.74) is 3.20. The molecule has 3 aromatic carbocycles. The molecule has 1 aliphatic heterocycles. The zero-order chi connectivity index (χ0) is 28.4. The van der Waals surface area contributed by atoms with Gasteiger partial charge in [0.2, 0.25) is 5.13 Å². The fraction of sp³-hybridized carbons (Fsp3) is 0.167. The van der Waals surface area contributed by atoms with Crippen molar-refractivity contribution in [2.24, 2.45) is 0 Å². The molecule has 4 aromatic rings. The number of amides is 1. The maximum absolute atomic E-state index is 13.3. The Morgan fingerprint density at radius 2 is 1.68 bits per heavy atom. The van der Waals surface area contributed by atoms with Gasteiger partial charge < -0.3 is 14.6 Å². The fourth-order valence-electron chi connectivity index (χ4n) is 4.48. The van der Waals surface area contributed by atoms with Gasteiger partial charge >= 0.3 is 11.9 Å². The second-order valence-electron chi connectivity index (χ2n) is 9.19. The lowest BCUT2D eigenvalue weighted by atomic mass is 9.94. The van der Waals surface area contributed by atoms with E-state index in [4.69, 9.17) is 9.47 Å². The summed E-state index contributed by atoms with van der Waals surface area (Å²) in [5.74, 6) is -1.97. The van der Waals surface area contributed by atoms with Crippen LogP contribution in [0.25, 0.3) is 5.76 Å². The van der Waals surface area contributed by atoms with Gasteiger partial charge in [0, 0.05) is 5.56 Å². The van der Waals surface area contributed by atoms with Crippen molar-refractivity contribution >= 4 is 39.9 Å². The van der Waals surface area contributed by atoms with Crippen molar-refractivity contribution in [3.05, 3.63) is 111 Å². The molecule has 202 valence electrons. The molecule has 10 heteroatoms. The second-order valence-corrected chi connectivity index (χ2v) is 10.3. The molecule has 1 N–H and O–H groups in total. The molecule has 1 saturated heterocycles. The first kappa shape index (κ1) is 26.8. The number of nitrogens with zero attached hydrogens (tertiary/aromatic N) is 3. The van der Waals surface area contributed by atoms with E-state index in [2.05, 4.69) is 10.2 Å². The van der Waals surface area contributed by atoms with E-state index in [-0.39, 0.29) is 16.5 Å². The highest BCUT2D eigenvalue weighted by Gasteiger charge is 2.48. The van der Waals surface area contributed by atoms with Crippen molar-refractivity contribution in [2.75, 3.05) is 12.0 Å². The lowest BCUT2D eigenvalue weighted by Gasteiger charge is -2.22. The fourth-order valence-corrected chi connectivity index (χ4v) is 5.20. The summed E-state index contributed by atoms with van der Waals surface area (Å²) < 4.78 is 10.6. The third-order valence-corrected chi connectivity index (χ3v) is 7.27. The summed E-state index contributed by atoms with van der Waals surface area (Å²) in [5, 5.41) is 20.2. The average molecular weight is 556 g/mol. The van der Waals surface area contributed by atoms with E-state index >= 15 is 0 Å². The van der Waals surface area contributed by atoms with Crippen LogP contribution < -0.4 is 9.64 Å². The van der Waals surface area contributed by atoms with E-state index in [0.717, 1.165) is 22.5 Å². The summed E-state index contributed by atoms with van der Waals surface area (Å²) in [6, 6.07) is 19.9. The van der Waals surface area contributed by atoms with Crippen LogP contribution in [0.4, 0.5) is 5.13 Å². The Kier molecular flexibility index (Phi) is 7.43. The van der Waals surface area contributed by atoms with Crippen molar-refractivity contribution in [3.63, 3.8) is 0 Å². The number of Topliss-reactive ketones (excluding diaryl/α,β-unsaturated/α-hetero) is 1. The zero-order valence-electron chi connectivity index (χ0n) is 22.0. The molecule has 1 fully saturated rings. The van der Waals surface area contributed by atoms with Gasteiger partial charge in [-0.2, -0.15) is 0 Å². The number of aliphatic hydroxyl groups excluding tert-OH is 1. The van der Waals surface area contributed by atoms with Crippen LogP contribution in [-0.4, -0.2) is 40.1 Å². The molecule has 1 aromatic heterocycles. The number of benzene rings is 3. The van der Waals surface area contributed by atoms with E-state index in [9.17, 15) is 19.5 Å². The van der Waals surface area contributed by atoms with Crippen LogP contribution in [0.15, 0.2) is 78.4 Å². The van der Waals surface area contributed by atoms with Crippen molar-refractivity contribution in [3.8, 4) is 5.75 Å². The van der Waals surface area contributed by atoms with Crippen molar-refractivity contribution < 1.29 is 29.0 Å². The number of anilines is 1. The third kappa shape index (κ3) is 5.21. The number of aryl methyl sites for hydroxylation is 2. The van der Waals surface area contributed by atoms with E-state index in [1.54, 1.807) is 43.3 Å². The number of ketones is 1. The highest BCUT2D eigenvalue weighted by Crippen LogP contribution is 2.43. The molecule has 1 unspecified atom stereocenters. The van der Waals surface area contributed by atoms with E-state index in [1.807, 2.05) is 31.2 Å². The first-order valence-electron chi connectivity index (χ1n) is 12.3. The van der Waals surface area contributed by atoms with Crippen molar-refractivity contribution in [2.45, 2.75) is 26.5 Å². The smallest absolute Gasteiger partial charge is 0.337 e. The van der Waals surface area contributed by atoms with Crippen LogP contribution in [0.5, 0.6) is 5.75 Å². The minimum atomic E-state index is -0.990. The predicted molar refractivity (Wildman–Crippen MR) is 149 cm³/mol. The number of ether oxygens (including phenoxy) is 2. The topological polar surface area (TPSA) is 119 Å². The monoisotopic (exact) mass is 555 g/mol.